The summed E-state index contributed by atoms with van der Waals surface area (Å²) in [6.07, 6.45) is 10.6. The van der Waals surface area contributed by atoms with Crippen molar-refractivity contribution in [3.63, 3.8) is 0 Å². The highest BCUT2D eigenvalue weighted by molar-refractivity contribution is 6.02. The summed E-state index contributed by atoms with van der Waals surface area (Å²) in [5, 5.41) is 3.08. The van der Waals surface area contributed by atoms with Gasteiger partial charge in [0.25, 0.3) is 5.91 Å². The van der Waals surface area contributed by atoms with Crippen molar-refractivity contribution in [2.24, 2.45) is 5.92 Å². The Bertz CT molecular complexity index is 998. The Morgan fingerprint density at radius 2 is 1.94 bits per heavy atom. The molecule has 2 aliphatic heterocycles. The molecule has 0 aromatic heterocycles. The van der Waals surface area contributed by atoms with Gasteiger partial charge in [-0.1, -0.05) is 36.8 Å². The van der Waals surface area contributed by atoms with Gasteiger partial charge in [0.05, 0.1) is 0 Å². The van der Waals surface area contributed by atoms with Crippen molar-refractivity contribution >= 4 is 17.4 Å². The molecule has 0 saturated carbocycles. The first-order valence-corrected chi connectivity index (χ1v) is 12.3. The first kappa shape index (κ1) is 23.5. The van der Waals surface area contributed by atoms with E-state index >= 15 is 0 Å². The minimum absolute atomic E-state index is 0.109. The smallest absolute Gasteiger partial charge is 0.251 e. The van der Waals surface area contributed by atoms with Crippen LogP contribution in [0.3, 0.4) is 0 Å². The highest BCUT2D eigenvalue weighted by atomic mass is 16.5. The molecule has 33 heavy (non-hydrogen) atoms. The van der Waals surface area contributed by atoms with Crippen LogP contribution in [0.15, 0.2) is 53.1 Å². The summed E-state index contributed by atoms with van der Waals surface area (Å²) in [6.45, 7) is 9.10. The van der Waals surface area contributed by atoms with Crippen molar-refractivity contribution in [2.75, 3.05) is 31.2 Å². The van der Waals surface area contributed by atoms with Gasteiger partial charge >= 0.3 is 0 Å². The number of rotatable bonds is 3. The summed E-state index contributed by atoms with van der Waals surface area (Å²) in [5.74, 6) is 0.252. The molecule has 176 valence electrons. The molecular weight excluding hydrogens is 412 g/mol. The largest absolute Gasteiger partial charge is 0.381 e. The maximum atomic E-state index is 13.4. The Morgan fingerprint density at radius 3 is 2.70 bits per heavy atom. The molecule has 5 nitrogen and oxygen atoms in total. The van der Waals surface area contributed by atoms with Crippen LogP contribution < -0.4 is 10.2 Å². The van der Waals surface area contributed by atoms with E-state index in [0.717, 1.165) is 67.0 Å². The lowest BCUT2D eigenvalue weighted by molar-refractivity contribution is -0.115. The number of hydrogen-bond donors (Lipinski definition) is 1. The zero-order valence-corrected chi connectivity index (χ0v) is 20.2. The molecule has 1 aromatic carbocycles. The van der Waals surface area contributed by atoms with Crippen molar-refractivity contribution in [1.29, 1.82) is 0 Å². The molecule has 1 aliphatic carbocycles. The molecule has 1 saturated heterocycles. The normalized spacial score (nSPS) is 23.5. The predicted octanol–water partition coefficient (Wildman–Crippen LogP) is 4.78. The number of nitrogens with one attached hydrogen (secondary N) is 1. The van der Waals surface area contributed by atoms with Crippen molar-refractivity contribution < 1.29 is 14.3 Å². The fraction of sp³-hybridized carbons (Fsp3) is 0.500. The predicted molar refractivity (Wildman–Crippen MR) is 133 cm³/mol. The molecule has 3 aliphatic rings. The quantitative estimate of drug-likeness (QED) is 0.677. The van der Waals surface area contributed by atoms with Gasteiger partial charge in [-0.25, -0.2) is 0 Å². The first-order chi connectivity index (χ1) is 16.0. The van der Waals surface area contributed by atoms with Gasteiger partial charge in [0.15, 0.2) is 5.78 Å². The summed E-state index contributed by atoms with van der Waals surface area (Å²) < 4.78 is 5.58. The second kappa shape index (κ2) is 10.5. The number of fused-ring (bicyclic) bond motifs is 1. The van der Waals surface area contributed by atoms with Crippen LogP contribution in [0, 0.1) is 5.92 Å². The highest BCUT2D eigenvalue weighted by Gasteiger charge is 2.26. The van der Waals surface area contributed by atoms with Crippen LogP contribution in [0.2, 0.25) is 0 Å². The van der Waals surface area contributed by atoms with E-state index in [-0.39, 0.29) is 24.2 Å². The average molecular weight is 449 g/mol. The van der Waals surface area contributed by atoms with Crippen molar-refractivity contribution in [1.82, 2.24) is 5.32 Å². The van der Waals surface area contributed by atoms with Crippen LogP contribution in [0.4, 0.5) is 5.69 Å². The fourth-order valence-corrected chi connectivity index (χ4v) is 5.35. The van der Waals surface area contributed by atoms with E-state index < -0.39 is 0 Å². The standard InChI is InChI=1S/C28H36N2O3/c1-4-30(21-12-14-33-15-13-21)26-11-7-10-23-22(26)9-6-5-8-20(3)24-16-19(2)17-27(31)25(24)18-29-28(23)32/h5-7,10-11,16,20-21H,4,8-9,12-15,17-18H2,1-3H3,(H,29,32)/b6-5-. The maximum Gasteiger partial charge on any atom is 0.251 e. The minimum atomic E-state index is -0.109. The van der Waals surface area contributed by atoms with E-state index in [9.17, 15) is 9.59 Å². The Morgan fingerprint density at radius 1 is 1.15 bits per heavy atom. The summed E-state index contributed by atoms with van der Waals surface area (Å²) in [4.78, 5) is 28.6. The van der Waals surface area contributed by atoms with E-state index in [1.807, 2.05) is 19.1 Å². The number of carbonyl (C=O) groups excluding carboxylic acids is 2. The van der Waals surface area contributed by atoms with Crippen LogP contribution in [-0.4, -0.2) is 44.0 Å². The number of amides is 1. The molecule has 0 spiro atoms. The van der Waals surface area contributed by atoms with Gasteiger partial charge in [-0.3, -0.25) is 9.59 Å². The Balaban J connectivity index is 1.71. The Kier molecular flexibility index (Phi) is 7.49. The summed E-state index contributed by atoms with van der Waals surface area (Å²) in [6, 6.07) is 6.46. The summed E-state index contributed by atoms with van der Waals surface area (Å²) in [7, 11) is 0. The Hall–Kier alpha value is -2.66. The molecule has 1 fully saturated rings. The van der Waals surface area contributed by atoms with Crippen molar-refractivity contribution in [3.05, 3.63) is 64.3 Å². The molecule has 0 radical (unpaired) electrons. The monoisotopic (exact) mass is 448 g/mol. The van der Waals surface area contributed by atoms with Gasteiger partial charge in [0, 0.05) is 55.6 Å². The van der Waals surface area contributed by atoms with Gasteiger partial charge < -0.3 is 15.0 Å². The second-order valence-electron chi connectivity index (χ2n) is 9.45. The van der Waals surface area contributed by atoms with Crippen LogP contribution in [-0.2, 0) is 16.0 Å². The molecule has 1 N–H and O–H groups in total. The molecular formula is C28H36N2O3. The third-order valence-corrected chi connectivity index (χ3v) is 7.14. The zero-order chi connectivity index (χ0) is 23.4. The third-order valence-electron chi connectivity index (χ3n) is 7.14. The molecule has 4 rings (SSSR count). The average Bonchev–Trinajstić information content (AvgIpc) is 2.81. The van der Waals surface area contributed by atoms with E-state index in [2.05, 4.69) is 48.4 Å². The molecule has 0 bridgehead atoms. The summed E-state index contributed by atoms with van der Waals surface area (Å²) in [5.41, 5.74) is 5.82. The fourth-order valence-electron chi connectivity index (χ4n) is 5.35. The highest BCUT2D eigenvalue weighted by Crippen LogP contribution is 2.32. The number of hydrogen-bond acceptors (Lipinski definition) is 4. The van der Waals surface area contributed by atoms with Crippen molar-refractivity contribution in [3.8, 4) is 0 Å². The first-order valence-electron chi connectivity index (χ1n) is 12.3. The maximum absolute atomic E-state index is 13.4. The minimum Gasteiger partial charge on any atom is -0.381 e. The van der Waals surface area contributed by atoms with E-state index in [1.54, 1.807) is 0 Å². The Labute approximate surface area is 197 Å². The number of nitrogens with zero attached hydrogens (tertiary/aromatic N) is 1. The molecule has 1 aromatic rings. The number of allylic oxidation sites excluding steroid dienone is 5. The molecule has 1 unspecified atom stereocenters. The molecule has 1 amide bonds. The van der Waals surface area contributed by atoms with E-state index in [1.165, 1.54) is 0 Å². The molecule has 1 atom stereocenters. The van der Waals surface area contributed by atoms with Gasteiger partial charge in [0.2, 0.25) is 0 Å². The lowest BCUT2D eigenvalue weighted by Crippen LogP contribution is -2.40. The number of benzene rings is 1. The van der Waals surface area contributed by atoms with Gasteiger partial charge in [-0.05, 0) is 68.7 Å². The van der Waals surface area contributed by atoms with E-state index in [0.29, 0.717) is 24.4 Å². The lowest BCUT2D eigenvalue weighted by Gasteiger charge is -2.37. The molecule has 2 heterocycles. The van der Waals surface area contributed by atoms with Crippen molar-refractivity contribution in [2.45, 2.75) is 58.9 Å². The SMILES string of the molecule is CCN(c1cccc2c1C/C=C\CC(C)C1=C(CNC2=O)C(=O)CC(C)=C1)C1CCOCC1. The van der Waals surface area contributed by atoms with Gasteiger partial charge in [0.1, 0.15) is 0 Å². The second-order valence-corrected chi connectivity index (χ2v) is 9.45. The van der Waals surface area contributed by atoms with E-state index in [4.69, 9.17) is 4.74 Å². The lowest BCUT2D eigenvalue weighted by atomic mass is 9.83. The van der Waals surface area contributed by atoms with Crippen LogP contribution >= 0.6 is 0 Å². The topological polar surface area (TPSA) is 58.6 Å². The number of ether oxygens (including phenoxy) is 1. The third kappa shape index (κ3) is 5.14. The molecule has 5 heteroatoms. The van der Waals surface area contributed by atoms with Crippen LogP contribution in [0.5, 0.6) is 0 Å². The number of Topliss-reactive ketones (excluding diaryl/α,β-unsaturated/α-hetero) is 1. The number of carbonyl (C=O) groups is 2. The number of anilines is 1. The number of ketones is 1. The van der Waals surface area contributed by atoms with Crippen LogP contribution in [0.1, 0.15) is 62.4 Å². The van der Waals surface area contributed by atoms with Gasteiger partial charge in [-0.15, -0.1) is 0 Å². The zero-order valence-electron chi connectivity index (χ0n) is 20.2. The van der Waals surface area contributed by atoms with Crippen LogP contribution in [0.25, 0.3) is 0 Å². The summed E-state index contributed by atoms with van der Waals surface area (Å²) >= 11 is 0. The van der Waals surface area contributed by atoms with Gasteiger partial charge in [-0.2, -0.15) is 0 Å².